The highest BCUT2D eigenvalue weighted by Gasteiger charge is 2.32. The van der Waals surface area contributed by atoms with E-state index in [9.17, 15) is 13.2 Å². The Balaban J connectivity index is 2.08. The molecule has 0 spiro atoms. The van der Waals surface area contributed by atoms with E-state index in [0.29, 0.717) is 43.2 Å². The van der Waals surface area contributed by atoms with Crippen molar-refractivity contribution < 1.29 is 17.9 Å². The highest BCUT2D eigenvalue weighted by atomic mass is 35.5. The van der Waals surface area contributed by atoms with Crippen LogP contribution in [0.4, 0.5) is 18.9 Å². The Labute approximate surface area is 135 Å². The van der Waals surface area contributed by atoms with E-state index in [0.717, 1.165) is 12.1 Å². The molecule has 0 unspecified atom stereocenters. The number of halogens is 4. The Bertz CT molecular complexity index is 703. The van der Waals surface area contributed by atoms with Crippen LogP contribution in [0.25, 0.3) is 11.3 Å². The number of aromatic nitrogens is 2. The van der Waals surface area contributed by atoms with Crippen LogP contribution in [0.3, 0.4) is 0 Å². The number of hydrogen-bond acceptors (Lipinski definition) is 4. The smallest absolute Gasteiger partial charge is 0.378 e. The lowest BCUT2D eigenvalue weighted by atomic mass is 10.0. The van der Waals surface area contributed by atoms with E-state index in [-0.39, 0.29) is 5.28 Å². The van der Waals surface area contributed by atoms with Crippen LogP contribution in [-0.4, -0.2) is 36.3 Å². The molecule has 23 heavy (non-hydrogen) atoms. The molecule has 1 aliphatic heterocycles. The predicted octanol–water partition coefficient (Wildman–Crippen LogP) is 3.65. The molecule has 1 aromatic heterocycles. The lowest BCUT2D eigenvalue weighted by molar-refractivity contribution is -0.137. The van der Waals surface area contributed by atoms with Gasteiger partial charge in [-0.15, -0.1) is 0 Å². The zero-order chi connectivity index (χ0) is 16.4. The van der Waals surface area contributed by atoms with Crippen molar-refractivity contribution in [2.24, 2.45) is 0 Å². The van der Waals surface area contributed by atoms with Crippen LogP contribution in [0.1, 0.15) is 5.56 Å². The molecule has 0 bridgehead atoms. The highest BCUT2D eigenvalue weighted by Crippen LogP contribution is 2.35. The van der Waals surface area contributed by atoms with Gasteiger partial charge in [0.2, 0.25) is 5.28 Å². The van der Waals surface area contributed by atoms with Gasteiger partial charge in [0.05, 0.1) is 24.5 Å². The van der Waals surface area contributed by atoms with Gasteiger partial charge in [-0.2, -0.15) is 13.2 Å². The molecule has 2 heterocycles. The monoisotopic (exact) mass is 343 g/mol. The van der Waals surface area contributed by atoms with Crippen molar-refractivity contribution in [1.82, 2.24) is 9.97 Å². The summed E-state index contributed by atoms with van der Waals surface area (Å²) in [5.41, 5.74) is 0.482. The van der Waals surface area contributed by atoms with Crippen molar-refractivity contribution in [1.29, 1.82) is 0 Å². The zero-order valence-corrected chi connectivity index (χ0v) is 12.7. The second-order valence-corrected chi connectivity index (χ2v) is 5.41. The maximum Gasteiger partial charge on any atom is 0.416 e. The molecule has 3 rings (SSSR count). The molecule has 4 nitrogen and oxygen atoms in total. The molecule has 0 atom stereocenters. The number of benzene rings is 1. The van der Waals surface area contributed by atoms with Crippen molar-refractivity contribution >= 4 is 17.3 Å². The molecule has 1 saturated heterocycles. The Kier molecular flexibility index (Phi) is 4.41. The van der Waals surface area contributed by atoms with Crippen molar-refractivity contribution in [3.63, 3.8) is 0 Å². The first-order valence-electron chi connectivity index (χ1n) is 6.97. The minimum absolute atomic E-state index is 0.00663. The Morgan fingerprint density at radius 1 is 1.13 bits per heavy atom. The zero-order valence-electron chi connectivity index (χ0n) is 12.0. The average Bonchev–Trinajstić information content (AvgIpc) is 2.54. The number of ether oxygens (including phenoxy) is 1. The second kappa shape index (κ2) is 6.33. The first-order valence-corrected chi connectivity index (χ1v) is 7.35. The van der Waals surface area contributed by atoms with Crippen LogP contribution in [0.5, 0.6) is 0 Å². The second-order valence-electron chi connectivity index (χ2n) is 5.08. The summed E-state index contributed by atoms with van der Waals surface area (Å²) in [6.07, 6.45) is -3.02. The van der Waals surface area contributed by atoms with E-state index >= 15 is 0 Å². The lowest BCUT2D eigenvalue weighted by Crippen LogP contribution is -2.36. The van der Waals surface area contributed by atoms with Gasteiger partial charge in [0.1, 0.15) is 0 Å². The van der Waals surface area contributed by atoms with E-state index in [2.05, 4.69) is 9.97 Å². The van der Waals surface area contributed by atoms with E-state index in [1.807, 2.05) is 4.90 Å². The highest BCUT2D eigenvalue weighted by molar-refractivity contribution is 6.28. The van der Waals surface area contributed by atoms with Crippen LogP contribution in [0.2, 0.25) is 5.28 Å². The standard InChI is InChI=1S/C15H13ClF3N3O/c16-14-20-2-1-13(21-14)10-7-11(15(17,18)19)9-12(8-10)22-3-5-23-6-4-22/h1-2,7-9H,3-6H2. The molecular formula is C15H13ClF3N3O. The summed E-state index contributed by atoms with van der Waals surface area (Å²) in [6, 6.07) is 5.43. The minimum atomic E-state index is -4.44. The summed E-state index contributed by atoms with van der Waals surface area (Å²) in [5, 5.41) is -0.00663. The van der Waals surface area contributed by atoms with E-state index in [1.165, 1.54) is 12.3 Å². The number of alkyl halides is 3. The fourth-order valence-corrected chi connectivity index (χ4v) is 2.57. The molecule has 2 aromatic rings. The SMILES string of the molecule is FC(F)(F)c1cc(-c2ccnc(Cl)n2)cc(N2CCOCC2)c1. The summed E-state index contributed by atoms with van der Waals surface area (Å²) >= 11 is 5.74. The van der Waals surface area contributed by atoms with Crippen LogP contribution >= 0.6 is 11.6 Å². The van der Waals surface area contributed by atoms with Gasteiger partial charge >= 0.3 is 6.18 Å². The summed E-state index contributed by atoms with van der Waals surface area (Å²) in [5.74, 6) is 0. The summed E-state index contributed by atoms with van der Waals surface area (Å²) in [6.45, 7) is 2.08. The van der Waals surface area contributed by atoms with Gasteiger partial charge in [0, 0.05) is 30.5 Å². The molecule has 0 N–H and O–H groups in total. The van der Waals surface area contributed by atoms with Crippen molar-refractivity contribution in [3.05, 3.63) is 41.3 Å². The van der Waals surface area contributed by atoms with Crippen LogP contribution in [-0.2, 0) is 10.9 Å². The third kappa shape index (κ3) is 3.73. The third-order valence-corrected chi connectivity index (χ3v) is 3.73. The molecule has 0 aliphatic carbocycles. The number of anilines is 1. The van der Waals surface area contributed by atoms with Gasteiger partial charge in [0.15, 0.2) is 0 Å². The van der Waals surface area contributed by atoms with Crippen LogP contribution < -0.4 is 4.90 Å². The number of morpholine rings is 1. The topological polar surface area (TPSA) is 38.2 Å². The number of rotatable bonds is 2. The van der Waals surface area contributed by atoms with Crippen molar-refractivity contribution in [3.8, 4) is 11.3 Å². The molecule has 8 heteroatoms. The molecule has 0 radical (unpaired) electrons. The fraction of sp³-hybridized carbons (Fsp3) is 0.333. The van der Waals surface area contributed by atoms with Gasteiger partial charge in [0.25, 0.3) is 0 Å². The largest absolute Gasteiger partial charge is 0.416 e. The maximum atomic E-state index is 13.2. The summed E-state index contributed by atoms with van der Waals surface area (Å²) in [4.78, 5) is 9.62. The lowest BCUT2D eigenvalue weighted by Gasteiger charge is -2.29. The average molecular weight is 344 g/mol. The van der Waals surface area contributed by atoms with E-state index in [1.54, 1.807) is 6.07 Å². The first kappa shape index (κ1) is 16.0. The molecule has 1 aromatic carbocycles. The molecule has 1 aliphatic rings. The fourth-order valence-electron chi connectivity index (χ4n) is 2.42. The normalized spacial score (nSPS) is 15.7. The molecule has 1 fully saturated rings. The Morgan fingerprint density at radius 3 is 2.52 bits per heavy atom. The van der Waals surface area contributed by atoms with Gasteiger partial charge in [-0.1, -0.05) is 0 Å². The maximum absolute atomic E-state index is 13.2. The Hall–Kier alpha value is -1.86. The number of nitrogens with zero attached hydrogens (tertiary/aromatic N) is 3. The molecule has 122 valence electrons. The van der Waals surface area contributed by atoms with E-state index in [4.69, 9.17) is 16.3 Å². The molecule has 0 saturated carbocycles. The van der Waals surface area contributed by atoms with Gasteiger partial charge in [-0.3, -0.25) is 0 Å². The quantitative estimate of drug-likeness (QED) is 0.780. The van der Waals surface area contributed by atoms with Gasteiger partial charge in [-0.25, -0.2) is 9.97 Å². The Morgan fingerprint density at radius 2 is 1.87 bits per heavy atom. The summed E-state index contributed by atoms with van der Waals surface area (Å²) in [7, 11) is 0. The number of hydrogen-bond donors (Lipinski definition) is 0. The van der Waals surface area contributed by atoms with Crippen molar-refractivity contribution in [2.45, 2.75) is 6.18 Å². The minimum Gasteiger partial charge on any atom is -0.378 e. The van der Waals surface area contributed by atoms with E-state index < -0.39 is 11.7 Å². The van der Waals surface area contributed by atoms with Crippen LogP contribution in [0, 0.1) is 0 Å². The van der Waals surface area contributed by atoms with Crippen LogP contribution in [0.15, 0.2) is 30.5 Å². The molecule has 0 amide bonds. The first-order chi connectivity index (χ1) is 10.9. The molecular weight excluding hydrogens is 331 g/mol. The van der Waals surface area contributed by atoms with Crippen molar-refractivity contribution in [2.75, 3.05) is 31.2 Å². The summed E-state index contributed by atoms with van der Waals surface area (Å²) < 4.78 is 44.9. The van der Waals surface area contributed by atoms with Gasteiger partial charge in [-0.05, 0) is 35.9 Å². The van der Waals surface area contributed by atoms with Gasteiger partial charge < -0.3 is 9.64 Å². The third-order valence-electron chi connectivity index (χ3n) is 3.54. The predicted molar refractivity (Wildman–Crippen MR) is 80.5 cm³/mol.